The number of piperidine rings is 1. The average Bonchev–Trinajstić information content (AvgIpc) is 3.06. The van der Waals surface area contributed by atoms with Crippen molar-refractivity contribution in [2.24, 2.45) is 0 Å². The summed E-state index contributed by atoms with van der Waals surface area (Å²) in [6.07, 6.45) is 6.39. The van der Waals surface area contributed by atoms with Gasteiger partial charge in [-0.2, -0.15) is 5.26 Å². The summed E-state index contributed by atoms with van der Waals surface area (Å²) in [7, 11) is 0. The van der Waals surface area contributed by atoms with Crippen molar-refractivity contribution in [1.82, 2.24) is 9.88 Å². The Morgan fingerprint density at radius 3 is 2.73 bits per heavy atom. The van der Waals surface area contributed by atoms with Gasteiger partial charge in [-0.25, -0.2) is 0 Å². The standard InChI is InChI=1S/C36H36ClN3O5/c1-25-29(24-45-36-17-35(30(22-41)16-34(36)37)44-23-27-14-26(18-38)19-39-20-27)7-3-10-33(25)28-6-2-9-32(15-28)43-13-5-12-40-11-4-8-31(42)21-40/h2-3,6-7,9-10,14-17,19-20,22,31,42H,4-5,8,11-13,21,23-24H2,1H3. The van der Waals surface area contributed by atoms with Crippen LogP contribution in [0.4, 0.5) is 0 Å². The predicted molar refractivity (Wildman–Crippen MR) is 173 cm³/mol. The van der Waals surface area contributed by atoms with E-state index in [1.165, 1.54) is 12.3 Å². The van der Waals surface area contributed by atoms with E-state index in [9.17, 15) is 9.90 Å². The van der Waals surface area contributed by atoms with E-state index in [0.29, 0.717) is 46.1 Å². The maximum Gasteiger partial charge on any atom is 0.153 e. The first-order chi connectivity index (χ1) is 21.9. The Balaban J connectivity index is 1.23. The summed E-state index contributed by atoms with van der Waals surface area (Å²) in [6.45, 7) is 5.75. The van der Waals surface area contributed by atoms with Gasteiger partial charge in [0.15, 0.2) is 6.29 Å². The number of nitrogens with zero attached hydrogens (tertiary/aromatic N) is 3. The Kier molecular flexibility index (Phi) is 11.0. The maximum absolute atomic E-state index is 11.7. The van der Waals surface area contributed by atoms with Crippen molar-refractivity contribution < 1.29 is 24.1 Å². The molecule has 0 spiro atoms. The molecule has 1 aromatic heterocycles. The number of hydrogen-bond acceptors (Lipinski definition) is 8. The van der Waals surface area contributed by atoms with Crippen molar-refractivity contribution in [2.75, 3.05) is 26.2 Å². The molecule has 1 N–H and O–H groups in total. The number of halogens is 1. The zero-order chi connectivity index (χ0) is 31.6. The molecule has 9 heteroatoms. The van der Waals surface area contributed by atoms with Crippen LogP contribution < -0.4 is 14.2 Å². The SMILES string of the molecule is Cc1c(COc2cc(OCc3cncc(C#N)c3)c(C=O)cc2Cl)cccc1-c1cccc(OCCCN2CCCC(O)C2)c1. The van der Waals surface area contributed by atoms with E-state index < -0.39 is 0 Å². The fourth-order valence-corrected chi connectivity index (χ4v) is 5.67. The van der Waals surface area contributed by atoms with Crippen LogP contribution in [-0.2, 0) is 13.2 Å². The minimum Gasteiger partial charge on any atom is -0.494 e. The minimum absolute atomic E-state index is 0.122. The van der Waals surface area contributed by atoms with Crippen LogP contribution in [0.2, 0.25) is 5.02 Å². The van der Waals surface area contributed by atoms with Crippen LogP contribution in [0.1, 0.15) is 51.9 Å². The van der Waals surface area contributed by atoms with Gasteiger partial charge in [0.05, 0.1) is 28.9 Å². The number of carbonyl (C=O) groups excluding carboxylic acids is 1. The summed E-state index contributed by atoms with van der Waals surface area (Å²) < 4.78 is 18.1. The zero-order valence-electron chi connectivity index (χ0n) is 25.2. The molecule has 0 radical (unpaired) electrons. The number of carbonyl (C=O) groups is 1. The van der Waals surface area contributed by atoms with Gasteiger partial charge in [-0.3, -0.25) is 9.78 Å². The first kappa shape index (κ1) is 32.0. The Hall–Kier alpha value is -4.42. The topological polar surface area (TPSA) is 105 Å². The molecule has 8 nitrogen and oxygen atoms in total. The van der Waals surface area contributed by atoms with Crippen molar-refractivity contribution in [3.8, 4) is 34.4 Å². The molecule has 45 heavy (non-hydrogen) atoms. The Morgan fingerprint density at radius 2 is 1.91 bits per heavy atom. The zero-order valence-corrected chi connectivity index (χ0v) is 26.0. The lowest BCUT2D eigenvalue weighted by Crippen LogP contribution is -2.39. The molecule has 0 aliphatic carbocycles. The van der Waals surface area contributed by atoms with E-state index in [4.69, 9.17) is 31.1 Å². The summed E-state index contributed by atoms with van der Waals surface area (Å²) in [4.78, 5) is 18.1. The van der Waals surface area contributed by atoms with Gasteiger partial charge in [-0.05, 0) is 79.3 Å². The molecule has 232 valence electrons. The molecule has 1 atom stereocenters. The molecule has 2 heterocycles. The van der Waals surface area contributed by atoms with Crippen molar-refractivity contribution in [1.29, 1.82) is 5.26 Å². The van der Waals surface area contributed by atoms with E-state index in [0.717, 1.165) is 66.9 Å². The lowest BCUT2D eigenvalue weighted by atomic mass is 9.96. The van der Waals surface area contributed by atoms with E-state index in [-0.39, 0.29) is 19.3 Å². The molecule has 1 saturated heterocycles. The highest BCUT2D eigenvalue weighted by molar-refractivity contribution is 6.32. The molecule has 0 saturated carbocycles. The number of nitriles is 1. The number of aldehydes is 1. The molecular weight excluding hydrogens is 590 g/mol. The highest BCUT2D eigenvalue weighted by Gasteiger charge is 2.17. The van der Waals surface area contributed by atoms with Crippen LogP contribution in [-0.4, -0.2) is 53.6 Å². The van der Waals surface area contributed by atoms with Crippen molar-refractivity contribution in [3.63, 3.8) is 0 Å². The quantitative estimate of drug-likeness (QED) is 0.128. The van der Waals surface area contributed by atoms with Gasteiger partial charge in [0, 0.05) is 37.1 Å². The molecule has 4 aromatic rings. The Bertz CT molecular complexity index is 1670. The van der Waals surface area contributed by atoms with E-state index >= 15 is 0 Å². The summed E-state index contributed by atoms with van der Waals surface area (Å²) in [5.74, 6) is 1.53. The number of pyridine rings is 1. The summed E-state index contributed by atoms with van der Waals surface area (Å²) in [5, 5.41) is 19.3. The van der Waals surface area contributed by atoms with Crippen LogP contribution >= 0.6 is 11.6 Å². The monoisotopic (exact) mass is 625 g/mol. The van der Waals surface area contributed by atoms with Crippen LogP contribution in [0.3, 0.4) is 0 Å². The number of ether oxygens (including phenoxy) is 3. The number of aromatic nitrogens is 1. The molecule has 1 unspecified atom stereocenters. The van der Waals surface area contributed by atoms with Crippen molar-refractivity contribution in [2.45, 2.75) is 45.5 Å². The second kappa shape index (κ2) is 15.5. The van der Waals surface area contributed by atoms with E-state index in [1.54, 1.807) is 18.3 Å². The van der Waals surface area contributed by atoms with Crippen LogP contribution in [0, 0.1) is 18.3 Å². The highest BCUT2D eigenvalue weighted by atomic mass is 35.5. The van der Waals surface area contributed by atoms with E-state index in [1.807, 2.05) is 24.3 Å². The predicted octanol–water partition coefficient (Wildman–Crippen LogP) is 6.78. The van der Waals surface area contributed by atoms with Gasteiger partial charge in [0.2, 0.25) is 0 Å². The third-order valence-electron chi connectivity index (χ3n) is 7.85. The summed E-state index contributed by atoms with van der Waals surface area (Å²) >= 11 is 6.48. The van der Waals surface area contributed by atoms with Gasteiger partial charge >= 0.3 is 0 Å². The molecule has 0 amide bonds. The normalized spacial score (nSPS) is 14.8. The Labute approximate surface area is 268 Å². The summed E-state index contributed by atoms with van der Waals surface area (Å²) in [5.41, 5.74) is 5.59. The molecule has 3 aromatic carbocycles. The molecule has 1 fully saturated rings. The number of aliphatic hydroxyl groups is 1. The molecule has 1 aliphatic rings. The van der Waals surface area contributed by atoms with Crippen molar-refractivity contribution >= 4 is 17.9 Å². The van der Waals surface area contributed by atoms with E-state index in [2.05, 4.69) is 41.1 Å². The number of hydrogen-bond donors (Lipinski definition) is 1. The third kappa shape index (κ3) is 8.61. The van der Waals surface area contributed by atoms with Gasteiger partial charge in [0.1, 0.15) is 36.5 Å². The van der Waals surface area contributed by atoms with Gasteiger partial charge in [-0.15, -0.1) is 0 Å². The second-order valence-electron chi connectivity index (χ2n) is 11.1. The summed E-state index contributed by atoms with van der Waals surface area (Å²) in [6, 6.07) is 21.0. The maximum atomic E-state index is 11.7. The molecule has 0 bridgehead atoms. The van der Waals surface area contributed by atoms with Gasteiger partial charge in [-0.1, -0.05) is 41.9 Å². The fraction of sp³-hybridized carbons (Fsp3) is 0.306. The van der Waals surface area contributed by atoms with Crippen molar-refractivity contribution in [3.05, 3.63) is 106 Å². The second-order valence-corrected chi connectivity index (χ2v) is 11.5. The van der Waals surface area contributed by atoms with Gasteiger partial charge in [0.25, 0.3) is 0 Å². The van der Waals surface area contributed by atoms with Gasteiger partial charge < -0.3 is 24.2 Å². The number of benzene rings is 3. The first-order valence-electron chi connectivity index (χ1n) is 15.0. The average molecular weight is 626 g/mol. The smallest absolute Gasteiger partial charge is 0.153 e. The number of β-amino-alcohol motifs (C(OH)–C–C–N with tert-alkyl or cyclic N) is 1. The fourth-order valence-electron chi connectivity index (χ4n) is 5.44. The number of rotatable bonds is 13. The highest BCUT2D eigenvalue weighted by Crippen LogP contribution is 2.34. The van der Waals surface area contributed by atoms with Crippen LogP contribution in [0.5, 0.6) is 17.2 Å². The van der Waals surface area contributed by atoms with Crippen LogP contribution in [0.15, 0.2) is 73.1 Å². The molecule has 5 rings (SSSR count). The largest absolute Gasteiger partial charge is 0.494 e. The third-order valence-corrected chi connectivity index (χ3v) is 8.15. The minimum atomic E-state index is -0.212. The lowest BCUT2D eigenvalue weighted by Gasteiger charge is -2.29. The number of likely N-dealkylation sites (tertiary alicyclic amines) is 1. The molecule has 1 aliphatic heterocycles. The molecular formula is C36H36ClN3O5. The Morgan fingerprint density at radius 1 is 1.07 bits per heavy atom. The van der Waals surface area contributed by atoms with Crippen LogP contribution in [0.25, 0.3) is 11.1 Å². The lowest BCUT2D eigenvalue weighted by molar-refractivity contribution is 0.0679. The first-order valence-corrected chi connectivity index (χ1v) is 15.4. The number of aliphatic hydroxyl groups excluding tert-OH is 1.